The lowest BCUT2D eigenvalue weighted by atomic mass is 10.1. The summed E-state index contributed by atoms with van der Waals surface area (Å²) in [6, 6.07) is 10.0. The first-order chi connectivity index (χ1) is 10.7. The molecule has 2 unspecified atom stereocenters. The van der Waals surface area contributed by atoms with Gasteiger partial charge in [-0.1, -0.05) is 30.3 Å². The predicted molar refractivity (Wildman–Crippen MR) is 95.2 cm³/mol. The van der Waals surface area contributed by atoms with E-state index in [2.05, 4.69) is 31.4 Å². The number of aliphatic hydroxyl groups excluding tert-OH is 2. The summed E-state index contributed by atoms with van der Waals surface area (Å²) < 4.78 is 5.35. The van der Waals surface area contributed by atoms with Crippen molar-refractivity contribution < 1.29 is 14.9 Å². The molecule has 0 fully saturated rings. The van der Waals surface area contributed by atoms with Gasteiger partial charge in [0.2, 0.25) is 0 Å². The lowest BCUT2D eigenvalue weighted by molar-refractivity contribution is 0.0903. The van der Waals surface area contributed by atoms with Crippen LogP contribution in [0.15, 0.2) is 30.3 Å². The van der Waals surface area contributed by atoms with Crippen molar-refractivity contribution in [3.05, 3.63) is 35.9 Å². The van der Waals surface area contributed by atoms with Gasteiger partial charge in [0.1, 0.15) is 0 Å². The molecule has 0 saturated carbocycles. The first kappa shape index (κ1) is 22.0. The summed E-state index contributed by atoms with van der Waals surface area (Å²) in [5.74, 6) is 0. The summed E-state index contributed by atoms with van der Waals surface area (Å²) in [6.45, 7) is 12.1. The molecule has 0 radical (unpaired) electrons. The van der Waals surface area contributed by atoms with Crippen molar-refractivity contribution in [3.63, 3.8) is 0 Å². The molecule has 0 spiro atoms. The van der Waals surface area contributed by atoms with Crippen molar-refractivity contribution in [2.75, 3.05) is 19.8 Å². The number of aliphatic hydroxyl groups is 2. The lowest BCUT2D eigenvalue weighted by Gasteiger charge is -2.21. The maximum Gasteiger partial charge on any atom is 0.0970 e. The zero-order chi connectivity index (χ0) is 17.7. The van der Waals surface area contributed by atoms with Gasteiger partial charge in [-0.3, -0.25) is 5.32 Å². The predicted octanol–water partition coefficient (Wildman–Crippen LogP) is 1.89. The third kappa shape index (κ3) is 17.2. The monoisotopic (exact) mass is 326 g/mol. The maximum atomic E-state index is 8.95. The van der Waals surface area contributed by atoms with Crippen molar-refractivity contribution >= 4 is 0 Å². The Morgan fingerprint density at radius 1 is 1.00 bits per heavy atom. The summed E-state index contributed by atoms with van der Waals surface area (Å²) in [5, 5.41) is 24.0. The van der Waals surface area contributed by atoms with E-state index in [-0.39, 0.29) is 17.7 Å². The minimum absolute atomic E-state index is 0.122. The SMILES string of the molecule is CC(O)CNC(C)(C)C.CC(O)CNCOCc1ccccc1. The number of nitrogens with one attached hydrogen (secondary N) is 2. The molecule has 5 heteroatoms. The van der Waals surface area contributed by atoms with Crippen LogP contribution in [0.5, 0.6) is 0 Å². The molecule has 4 N–H and O–H groups in total. The van der Waals surface area contributed by atoms with Gasteiger partial charge in [0.15, 0.2) is 0 Å². The van der Waals surface area contributed by atoms with Crippen molar-refractivity contribution in [3.8, 4) is 0 Å². The number of hydrogen-bond acceptors (Lipinski definition) is 5. The van der Waals surface area contributed by atoms with E-state index >= 15 is 0 Å². The fourth-order valence-electron chi connectivity index (χ4n) is 1.54. The molecule has 5 nitrogen and oxygen atoms in total. The Kier molecular flexibility index (Phi) is 11.9. The molecular weight excluding hydrogens is 292 g/mol. The quantitative estimate of drug-likeness (QED) is 0.434. The molecule has 0 bridgehead atoms. The van der Waals surface area contributed by atoms with Crippen molar-refractivity contribution in [2.24, 2.45) is 0 Å². The number of ether oxygens (including phenoxy) is 1. The van der Waals surface area contributed by atoms with Gasteiger partial charge in [-0.05, 0) is 40.2 Å². The standard InChI is InChI=1S/C11H17NO2.C7H17NO/c1-10(13)7-12-9-14-8-11-5-3-2-4-6-11;1-6(9)5-8-7(2,3)4/h2-6,10,12-13H,7-9H2,1H3;6,8-9H,5H2,1-4H3. The van der Waals surface area contributed by atoms with Crippen molar-refractivity contribution in [2.45, 2.75) is 59.0 Å². The molecule has 0 saturated heterocycles. The lowest BCUT2D eigenvalue weighted by Crippen LogP contribution is -2.39. The van der Waals surface area contributed by atoms with Gasteiger partial charge in [0.05, 0.1) is 25.5 Å². The highest BCUT2D eigenvalue weighted by atomic mass is 16.5. The third-order valence-corrected chi connectivity index (χ3v) is 2.68. The molecular formula is C18H34N2O3. The smallest absolute Gasteiger partial charge is 0.0970 e. The first-order valence-electron chi connectivity index (χ1n) is 8.14. The van der Waals surface area contributed by atoms with Gasteiger partial charge < -0.3 is 20.3 Å². The van der Waals surface area contributed by atoms with E-state index in [1.807, 2.05) is 30.3 Å². The normalized spacial score (nSPS) is 13.9. The molecule has 134 valence electrons. The van der Waals surface area contributed by atoms with Crippen LogP contribution in [-0.4, -0.2) is 47.8 Å². The topological polar surface area (TPSA) is 73.8 Å². The van der Waals surface area contributed by atoms with Crippen molar-refractivity contribution in [1.29, 1.82) is 0 Å². The zero-order valence-corrected chi connectivity index (χ0v) is 15.2. The summed E-state index contributed by atoms with van der Waals surface area (Å²) >= 11 is 0. The molecule has 0 amide bonds. The minimum Gasteiger partial charge on any atom is -0.392 e. The number of hydrogen-bond donors (Lipinski definition) is 4. The second-order valence-corrected chi connectivity index (χ2v) is 6.76. The highest BCUT2D eigenvalue weighted by molar-refractivity contribution is 5.13. The highest BCUT2D eigenvalue weighted by Gasteiger charge is 2.08. The van der Waals surface area contributed by atoms with Crippen LogP contribution >= 0.6 is 0 Å². The first-order valence-corrected chi connectivity index (χ1v) is 8.14. The molecule has 1 aromatic carbocycles. The Morgan fingerprint density at radius 3 is 2.00 bits per heavy atom. The van der Waals surface area contributed by atoms with Crippen LogP contribution in [0.2, 0.25) is 0 Å². The molecule has 0 aliphatic heterocycles. The minimum atomic E-state index is -0.324. The van der Waals surface area contributed by atoms with Crippen LogP contribution in [0.25, 0.3) is 0 Å². The van der Waals surface area contributed by atoms with Gasteiger partial charge in [-0.2, -0.15) is 0 Å². The van der Waals surface area contributed by atoms with E-state index in [0.29, 0.717) is 26.4 Å². The van der Waals surface area contributed by atoms with E-state index in [0.717, 1.165) is 5.56 Å². The summed E-state index contributed by atoms with van der Waals surface area (Å²) in [5.41, 5.74) is 1.28. The molecule has 1 aromatic rings. The van der Waals surface area contributed by atoms with Crippen molar-refractivity contribution in [1.82, 2.24) is 10.6 Å². The van der Waals surface area contributed by atoms with Crippen LogP contribution in [0.4, 0.5) is 0 Å². The van der Waals surface area contributed by atoms with Gasteiger partial charge in [0.25, 0.3) is 0 Å². The fraction of sp³-hybridized carbons (Fsp3) is 0.667. The average Bonchev–Trinajstić information content (AvgIpc) is 2.46. The second-order valence-electron chi connectivity index (χ2n) is 6.76. The van der Waals surface area contributed by atoms with Crippen LogP contribution in [0.1, 0.15) is 40.2 Å². The molecule has 0 aromatic heterocycles. The summed E-state index contributed by atoms with van der Waals surface area (Å²) in [7, 11) is 0. The number of rotatable bonds is 8. The Bertz CT molecular complexity index is 376. The van der Waals surface area contributed by atoms with Crippen LogP contribution in [-0.2, 0) is 11.3 Å². The Hall–Kier alpha value is -0.980. The van der Waals surface area contributed by atoms with Crippen LogP contribution in [0, 0.1) is 0 Å². The fourth-order valence-corrected chi connectivity index (χ4v) is 1.54. The highest BCUT2D eigenvalue weighted by Crippen LogP contribution is 1.99. The molecule has 2 atom stereocenters. The zero-order valence-electron chi connectivity index (χ0n) is 15.2. The Balaban J connectivity index is 0.000000468. The molecule has 0 aliphatic carbocycles. The van der Waals surface area contributed by atoms with Gasteiger partial charge in [-0.25, -0.2) is 0 Å². The maximum absolute atomic E-state index is 8.95. The third-order valence-electron chi connectivity index (χ3n) is 2.68. The van der Waals surface area contributed by atoms with Gasteiger partial charge in [-0.15, -0.1) is 0 Å². The van der Waals surface area contributed by atoms with Crippen LogP contribution < -0.4 is 10.6 Å². The molecule has 1 rings (SSSR count). The Labute approximate surface area is 141 Å². The van der Waals surface area contributed by atoms with Gasteiger partial charge in [0, 0.05) is 18.6 Å². The molecule has 0 aliphatic rings. The molecule has 23 heavy (non-hydrogen) atoms. The molecule has 0 heterocycles. The summed E-state index contributed by atoms with van der Waals surface area (Å²) in [4.78, 5) is 0. The summed E-state index contributed by atoms with van der Waals surface area (Å²) in [6.07, 6.45) is -0.570. The van der Waals surface area contributed by atoms with E-state index in [9.17, 15) is 0 Å². The average molecular weight is 326 g/mol. The van der Waals surface area contributed by atoms with E-state index < -0.39 is 0 Å². The van der Waals surface area contributed by atoms with E-state index in [4.69, 9.17) is 14.9 Å². The number of benzene rings is 1. The number of β-amino-alcohol motifs (C(OH)–C–C–N with tert-alkyl or cyclic N) is 1. The van der Waals surface area contributed by atoms with Gasteiger partial charge >= 0.3 is 0 Å². The van der Waals surface area contributed by atoms with E-state index in [1.54, 1.807) is 13.8 Å². The van der Waals surface area contributed by atoms with Crippen LogP contribution in [0.3, 0.4) is 0 Å². The van der Waals surface area contributed by atoms with E-state index in [1.165, 1.54) is 0 Å². The second kappa shape index (κ2) is 12.4. The largest absolute Gasteiger partial charge is 0.392 e. The Morgan fingerprint density at radius 2 is 1.57 bits per heavy atom.